The first-order valence-electron chi connectivity index (χ1n) is 5.72. The summed E-state index contributed by atoms with van der Waals surface area (Å²) in [5.74, 6) is 0.752. The van der Waals surface area contributed by atoms with Crippen LogP contribution in [0.25, 0.3) is 0 Å². The third-order valence-electron chi connectivity index (χ3n) is 2.63. The molecule has 2 aromatic rings. The molecule has 3 nitrogen and oxygen atoms in total. The van der Waals surface area contributed by atoms with E-state index in [4.69, 9.17) is 10.00 Å². The van der Waals surface area contributed by atoms with Gasteiger partial charge >= 0.3 is 0 Å². The van der Waals surface area contributed by atoms with E-state index in [1.54, 1.807) is 13.1 Å². The zero-order valence-electron chi connectivity index (χ0n) is 10.2. The van der Waals surface area contributed by atoms with E-state index in [2.05, 4.69) is 11.4 Å². The second-order valence-corrected chi connectivity index (χ2v) is 3.84. The van der Waals surface area contributed by atoms with Gasteiger partial charge in [0.15, 0.2) is 0 Å². The zero-order chi connectivity index (χ0) is 12.8. The van der Waals surface area contributed by atoms with Gasteiger partial charge in [0.25, 0.3) is 0 Å². The van der Waals surface area contributed by atoms with Crippen molar-refractivity contribution in [2.24, 2.45) is 0 Å². The summed E-state index contributed by atoms with van der Waals surface area (Å²) in [6.07, 6.45) is 0. The number of nitriles is 1. The number of nitrogens with zero attached hydrogens (tertiary/aromatic N) is 1. The molecule has 0 saturated heterocycles. The lowest BCUT2D eigenvalue weighted by Gasteiger charge is -2.09. The molecule has 0 fully saturated rings. The molecule has 0 unspecified atom stereocenters. The smallest absolute Gasteiger partial charge is 0.121 e. The maximum Gasteiger partial charge on any atom is 0.121 e. The summed E-state index contributed by atoms with van der Waals surface area (Å²) in [6, 6.07) is 17.5. The van der Waals surface area contributed by atoms with Crippen LogP contribution in [0.4, 0.5) is 5.69 Å². The topological polar surface area (TPSA) is 45.0 Å². The lowest BCUT2D eigenvalue weighted by molar-refractivity contribution is 0.306. The van der Waals surface area contributed by atoms with Gasteiger partial charge in [0.2, 0.25) is 0 Å². The van der Waals surface area contributed by atoms with E-state index in [1.165, 1.54) is 0 Å². The molecule has 0 radical (unpaired) electrons. The molecular formula is C15H14N2O. The van der Waals surface area contributed by atoms with Crippen molar-refractivity contribution in [1.29, 1.82) is 5.26 Å². The van der Waals surface area contributed by atoms with Gasteiger partial charge in [-0.2, -0.15) is 5.26 Å². The maximum atomic E-state index is 8.92. The summed E-state index contributed by atoms with van der Waals surface area (Å²) in [4.78, 5) is 0. The molecule has 2 rings (SSSR count). The van der Waals surface area contributed by atoms with Crippen molar-refractivity contribution in [2.45, 2.75) is 6.61 Å². The summed E-state index contributed by atoms with van der Waals surface area (Å²) in [5, 5.41) is 11.9. The van der Waals surface area contributed by atoms with Crippen LogP contribution in [0.1, 0.15) is 11.1 Å². The van der Waals surface area contributed by atoms with Crippen LogP contribution < -0.4 is 10.1 Å². The molecule has 3 heteroatoms. The van der Waals surface area contributed by atoms with Crippen molar-refractivity contribution in [1.82, 2.24) is 0 Å². The van der Waals surface area contributed by atoms with Crippen molar-refractivity contribution < 1.29 is 4.74 Å². The predicted molar refractivity (Wildman–Crippen MR) is 71.5 cm³/mol. The number of anilines is 1. The fraction of sp³-hybridized carbons (Fsp3) is 0.133. The number of hydrogen-bond donors (Lipinski definition) is 1. The largest absolute Gasteiger partial charge is 0.489 e. The third kappa shape index (κ3) is 2.80. The Balaban J connectivity index is 2.09. The molecule has 0 heterocycles. The van der Waals surface area contributed by atoms with Crippen molar-refractivity contribution in [2.75, 3.05) is 12.4 Å². The monoisotopic (exact) mass is 238 g/mol. The molecule has 0 spiro atoms. The van der Waals surface area contributed by atoms with Crippen LogP contribution in [0, 0.1) is 11.3 Å². The van der Waals surface area contributed by atoms with E-state index in [0.717, 1.165) is 17.0 Å². The van der Waals surface area contributed by atoms with Crippen LogP contribution in [0.2, 0.25) is 0 Å². The second kappa shape index (κ2) is 5.74. The number of benzene rings is 2. The highest BCUT2D eigenvalue weighted by Gasteiger charge is 2.02. The van der Waals surface area contributed by atoms with E-state index in [-0.39, 0.29) is 0 Å². The van der Waals surface area contributed by atoms with E-state index in [1.807, 2.05) is 42.5 Å². The normalized spacial score (nSPS) is 9.56. The Morgan fingerprint density at radius 2 is 1.94 bits per heavy atom. The van der Waals surface area contributed by atoms with Crippen molar-refractivity contribution >= 4 is 5.69 Å². The fourth-order valence-corrected chi connectivity index (χ4v) is 1.66. The molecule has 0 atom stereocenters. The first-order valence-corrected chi connectivity index (χ1v) is 5.72. The maximum absolute atomic E-state index is 8.92. The van der Waals surface area contributed by atoms with Gasteiger partial charge in [0.05, 0.1) is 11.3 Å². The Morgan fingerprint density at radius 3 is 2.61 bits per heavy atom. The van der Waals surface area contributed by atoms with Gasteiger partial charge in [-0.25, -0.2) is 0 Å². The van der Waals surface area contributed by atoms with Gasteiger partial charge in [0.1, 0.15) is 18.4 Å². The second-order valence-electron chi connectivity index (χ2n) is 3.84. The Morgan fingerprint density at radius 1 is 1.17 bits per heavy atom. The molecule has 1 N–H and O–H groups in total. The zero-order valence-corrected chi connectivity index (χ0v) is 10.2. The van der Waals surface area contributed by atoms with Gasteiger partial charge in [-0.05, 0) is 17.7 Å². The van der Waals surface area contributed by atoms with Crippen LogP contribution in [0.3, 0.4) is 0 Å². The Kier molecular flexibility index (Phi) is 3.83. The van der Waals surface area contributed by atoms with Gasteiger partial charge in [-0.15, -0.1) is 0 Å². The summed E-state index contributed by atoms with van der Waals surface area (Å²) >= 11 is 0. The molecule has 0 aliphatic heterocycles. The van der Waals surface area contributed by atoms with Crippen LogP contribution in [-0.2, 0) is 6.61 Å². The molecule has 0 aliphatic carbocycles. The average molecular weight is 238 g/mol. The standard InChI is InChI=1S/C15H14N2O/c1-17-15-9-14(8-7-13(15)10-16)18-11-12-5-3-2-4-6-12/h2-9,17H,11H2,1H3. The molecule has 0 saturated carbocycles. The Labute approximate surface area is 107 Å². The van der Waals surface area contributed by atoms with Crippen molar-refractivity contribution in [3.63, 3.8) is 0 Å². The van der Waals surface area contributed by atoms with E-state index >= 15 is 0 Å². The quantitative estimate of drug-likeness (QED) is 0.889. The third-order valence-corrected chi connectivity index (χ3v) is 2.63. The number of ether oxygens (including phenoxy) is 1. The predicted octanol–water partition coefficient (Wildman–Crippen LogP) is 3.18. The molecule has 2 aromatic carbocycles. The minimum absolute atomic E-state index is 0.524. The van der Waals surface area contributed by atoms with E-state index in [0.29, 0.717) is 12.2 Å². The highest BCUT2D eigenvalue weighted by Crippen LogP contribution is 2.22. The van der Waals surface area contributed by atoms with E-state index < -0.39 is 0 Å². The number of nitrogens with one attached hydrogen (secondary N) is 1. The molecule has 0 bridgehead atoms. The summed E-state index contributed by atoms with van der Waals surface area (Å²) in [6.45, 7) is 0.524. The molecular weight excluding hydrogens is 224 g/mol. The van der Waals surface area contributed by atoms with Crippen LogP contribution >= 0.6 is 0 Å². The summed E-state index contributed by atoms with van der Waals surface area (Å²) in [7, 11) is 1.79. The lowest BCUT2D eigenvalue weighted by Crippen LogP contribution is -1.97. The van der Waals surface area contributed by atoms with Crippen LogP contribution in [-0.4, -0.2) is 7.05 Å². The number of hydrogen-bond acceptors (Lipinski definition) is 3. The first-order chi connectivity index (χ1) is 8.83. The van der Waals surface area contributed by atoms with Gasteiger partial charge in [-0.1, -0.05) is 30.3 Å². The Bertz CT molecular complexity index is 558. The highest BCUT2D eigenvalue weighted by atomic mass is 16.5. The van der Waals surface area contributed by atoms with Crippen molar-refractivity contribution in [3.8, 4) is 11.8 Å². The minimum atomic E-state index is 0.524. The molecule has 18 heavy (non-hydrogen) atoms. The van der Waals surface area contributed by atoms with Gasteiger partial charge < -0.3 is 10.1 Å². The molecule has 90 valence electrons. The first kappa shape index (κ1) is 12.0. The van der Waals surface area contributed by atoms with Gasteiger partial charge in [-0.3, -0.25) is 0 Å². The summed E-state index contributed by atoms with van der Waals surface area (Å²) < 4.78 is 5.68. The van der Waals surface area contributed by atoms with Crippen LogP contribution in [0.15, 0.2) is 48.5 Å². The van der Waals surface area contributed by atoms with Gasteiger partial charge in [0, 0.05) is 13.1 Å². The average Bonchev–Trinajstić information content (AvgIpc) is 2.45. The van der Waals surface area contributed by atoms with Crippen molar-refractivity contribution in [3.05, 3.63) is 59.7 Å². The lowest BCUT2D eigenvalue weighted by atomic mass is 10.2. The highest BCUT2D eigenvalue weighted by molar-refractivity contribution is 5.60. The SMILES string of the molecule is CNc1cc(OCc2ccccc2)ccc1C#N. The Hall–Kier alpha value is -2.47. The summed E-state index contributed by atoms with van der Waals surface area (Å²) in [5.41, 5.74) is 2.51. The minimum Gasteiger partial charge on any atom is -0.489 e. The van der Waals surface area contributed by atoms with Crippen LogP contribution in [0.5, 0.6) is 5.75 Å². The fourth-order valence-electron chi connectivity index (χ4n) is 1.66. The number of rotatable bonds is 4. The van der Waals surface area contributed by atoms with E-state index in [9.17, 15) is 0 Å². The molecule has 0 amide bonds. The molecule has 0 aliphatic rings. The molecule has 0 aromatic heterocycles.